The minimum absolute atomic E-state index is 0.153. The van der Waals surface area contributed by atoms with E-state index in [9.17, 15) is 5.11 Å². The lowest BCUT2D eigenvalue weighted by Crippen LogP contribution is -2.15. The third-order valence-corrected chi connectivity index (χ3v) is 3.09. The first-order valence-electron chi connectivity index (χ1n) is 6.60. The Morgan fingerprint density at radius 2 is 2.05 bits per heavy atom. The lowest BCUT2D eigenvalue weighted by molar-refractivity contribution is 0.277. The van der Waals surface area contributed by atoms with E-state index in [1.54, 1.807) is 19.4 Å². The molecule has 20 heavy (non-hydrogen) atoms. The molecule has 0 saturated heterocycles. The van der Waals surface area contributed by atoms with Gasteiger partial charge in [-0.3, -0.25) is 0 Å². The fourth-order valence-corrected chi connectivity index (χ4v) is 2.02. The summed E-state index contributed by atoms with van der Waals surface area (Å²) in [6.45, 7) is 0.817. The van der Waals surface area contributed by atoms with Crippen molar-refractivity contribution in [3.8, 4) is 5.88 Å². The maximum absolute atomic E-state index is 9.20. The molecule has 0 radical (unpaired) electrons. The number of ether oxygens (including phenoxy) is 1. The number of benzene rings is 1. The Morgan fingerprint density at radius 3 is 2.75 bits per heavy atom. The van der Waals surface area contributed by atoms with Gasteiger partial charge in [0.25, 0.3) is 0 Å². The van der Waals surface area contributed by atoms with Gasteiger partial charge in [-0.2, -0.15) is 4.98 Å². The molecule has 0 amide bonds. The summed E-state index contributed by atoms with van der Waals surface area (Å²) in [5, 5.41) is 12.4. The molecular formula is C15H19N3O2. The predicted octanol–water partition coefficient (Wildman–Crippen LogP) is 2.06. The molecule has 106 valence electrons. The fraction of sp³-hybridized carbons (Fsp3) is 0.333. The zero-order valence-electron chi connectivity index (χ0n) is 11.5. The van der Waals surface area contributed by atoms with E-state index in [1.807, 2.05) is 18.2 Å². The average molecular weight is 273 g/mol. The van der Waals surface area contributed by atoms with E-state index in [1.165, 1.54) is 5.56 Å². The molecule has 0 fully saturated rings. The number of aliphatic hydroxyl groups is 1. The number of hydrogen-bond acceptors (Lipinski definition) is 5. The largest absolute Gasteiger partial charge is 0.481 e. The zero-order chi connectivity index (χ0) is 14.2. The molecular weight excluding hydrogens is 254 g/mol. The molecule has 1 atom stereocenters. The lowest BCUT2D eigenvalue weighted by atomic mass is 9.96. The molecule has 1 heterocycles. The second-order valence-electron chi connectivity index (χ2n) is 4.42. The van der Waals surface area contributed by atoms with Crippen LogP contribution in [0.15, 0.2) is 42.6 Å². The van der Waals surface area contributed by atoms with Gasteiger partial charge in [-0.25, -0.2) is 4.98 Å². The van der Waals surface area contributed by atoms with Crippen LogP contribution in [0.1, 0.15) is 17.9 Å². The topological polar surface area (TPSA) is 67.3 Å². The van der Waals surface area contributed by atoms with E-state index in [0.717, 1.165) is 0 Å². The Labute approximate surface area is 118 Å². The monoisotopic (exact) mass is 273 g/mol. The summed E-state index contributed by atoms with van der Waals surface area (Å²) < 4.78 is 5.06. The molecule has 1 aromatic heterocycles. The highest BCUT2D eigenvalue weighted by molar-refractivity contribution is 5.29. The quantitative estimate of drug-likeness (QED) is 0.808. The van der Waals surface area contributed by atoms with Crippen LogP contribution in [0.2, 0.25) is 0 Å². The van der Waals surface area contributed by atoms with Gasteiger partial charge in [0.1, 0.15) is 0 Å². The predicted molar refractivity (Wildman–Crippen MR) is 78.0 cm³/mol. The summed E-state index contributed by atoms with van der Waals surface area (Å²) in [4.78, 5) is 8.36. The fourth-order valence-electron chi connectivity index (χ4n) is 2.02. The van der Waals surface area contributed by atoms with E-state index in [2.05, 4.69) is 27.4 Å². The third kappa shape index (κ3) is 3.93. The standard InChI is InChI=1S/C15H19N3O2/c1-20-14-7-9-16-15(18-14)17-11-13(8-10-19)12-5-3-2-4-6-12/h2-7,9,13,19H,8,10-11H2,1H3,(H,16,17,18). The van der Waals surface area contributed by atoms with Gasteiger partial charge >= 0.3 is 0 Å². The molecule has 5 heteroatoms. The first kappa shape index (κ1) is 14.3. The van der Waals surface area contributed by atoms with Gasteiger partial charge in [0.05, 0.1) is 7.11 Å². The minimum Gasteiger partial charge on any atom is -0.481 e. The van der Waals surface area contributed by atoms with Crippen LogP contribution in [0.4, 0.5) is 5.95 Å². The Kier molecular flexibility index (Phi) is 5.32. The van der Waals surface area contributed by atoms with Crippen LogP contribution in [-0.4, -0.2) is 35.3 Å². The Hall–Kier alpha value is -2.14. The normalized spacial score (nSPS) is 11.9. The minimum atomic E-state index is 0.153. The number of methoxy groups -OCH3 is 1. The molecule has 0 aliphatic heterocycles. The number of anilines is 1. The summed E-state index contributed by atoms with van der Waals surface area (Å²) in [5.74, 6) is 1.28. The highest BCUT2D eigenvalue weighted by Crippen LogP contribution is 2.19. The van der Waals surface area contributed by atoms with E-state index in [4.69, 9.17) is 4.74 Å². The first-order chi connectivity index (χ1) is 9.83. The van der Waals surface area contributed by atoms with Crippen molar-refractivity contribution in [1.82, 2.24) is 9.97 Å². The number of nitrogens with zero attached hydrogens (tertiary/aromatic N) is 2. The molecule has 1 unspecified atom stereocenters. The van der Waals surface area contributed by atoms with Crippen molar-refractivity contribution in [2.75, 3.05) is 25.6 Å². The summed E-state index contributed by atoms with van der Waals surface area (Å²) in [7, 11) is 1.57. The number of nitrogens with one attached hydrogen (secondary N) is 1. The second kappa shape index (κ2) is 7.45. The summed E-state index contributed by atoms with van der Waals surface area (Å²) in [5.41, 5.74) is 1.19. The number of hydrogen-bond donors (Lipinski definition) is 2. The zero-order valence-corrected chi connectivity index (χ0v) is 11.5. The third-order valence-electron chi connectivity index (χ3n) is 3.09. The molecule has 2 N–H and O–H groups in total. The van der Waals surface area contributed by atoms with Gasteiger partial charge in [-0.1, -0.05) is 30.3 Å². The van der Waals surface area contributed by atoms with Crippen LogP contribution in [0, 0.1) is 0 Å². The average Bonchev–Trinajstić information content (AvgIpc) is 2.52. The van der Waals surface area contributed by atoms with Crippen LogP contribution in [0.5, 0.6) is 5.88 Å². The van der Waals surface area contributed by atoms with E-state index in [0.29, 0.717) is 24.8 Å². The highest BCUT2D eigenvalue weighted by atomic mass is 16.5. The molecule has 0 aliphatic carbocycles. The van der Waals surface area contributed by atoms with Crippen molar-refractivity contribution in [1.29, 1.82) is 0 Å². The summed E-state index contributed by atoms with van der Waals surface area (Å²) >= 11 is 0. The molecule has 0 saturated carbocycles. The van der Waals surface area contributed by atoms with E-state index in [-0.39, 0.29) is 12.5 Å². The van der Waals surface area contributed by atoms with Gasteiger partial charge in [0.2, 0.25) is 11.8 Å². The molecule has 5 nitrogen and oxygen atoms in total. The van der Waals surface area contributed by atoms with Crippen LogP contribution in [0.3, 0.4) is 0 Å². The van der Waals surface area contributed by atoms with Crippen molar-refractivity contribution in [2.45, 2.75) is 12.3 Å². The summed E-state index contributed by atoms with van der Waals surface area (Å²) in [6.07, 6.45) is 2.35. The van der Waals surface area contributed by atoms with Gasteiger partial charge in [0, 0.05) is 31.3 Å². The molecule has 0 aliphatic rings. The Bertz CT molecular complexity index is 520. The number of rotatable bonds is 7. The SMILES string of the molecule is COc1ccnc(NCC(CCO)c2ccccc2)n1. The van der Waals surface area contributed by atoms with Crippen molar-refractivity contribution < 1.29 is 9.84 Å². The highest BCUT2D eigenvalue weighted by Gasteiger charge is 2.11. The molecule has 0 bridgehead atoms. The number of aromatic nitrogens is 2. The Morgan fingerprint density at radius 1 is 1.25 bits per heavy atom. The molecule has 0 spiro atoms. The van der Waals surface area contributed by atoms with Crippen molar-refractivity contribution >= 4 is 5.95 Å². The molecule has 2 aromatic rings. The molecule has 2 rings (SSSR count). The van der Waals surface area contributed by atoms with Crippen molar-refractivity contribution in [3.63, 3.8) is 0 Å². The van der Waals surface area contributed by atoms with E-state index >= 15 is 0 Å². The lowest BCUT2D eigenvalue weighted by Gasteiger charge is -2.17. The van der Waals surface area contributed by atoms with Crippen LogP contribution >= 0.6 is 0 Å². The van der Waals surface area contributed by atoms with Crippen LogP contribution < -0.4 is 10.1 Å². The molecule has 1 aromatic carbocycles. The van der Waals surface area contributed by atoms with Crippen LogP contribution in [-0.2, 0) is 0 Å². The summed E-state index contributed by atoms with van der Waals surface area (Å²) in [6, 6.07) is 11.8. The smallest absolute Gasteiger partial charge is 0.225 e. The second-order valence-corrected chi connectivity index (χ2v) is 4.42. The Balaban J connectivity index is 2.02. The number of aliphatic hydroxyl groups excluding tert-OH is 1. The van der Waals surface area contributed by atoms with Gasteiger partial charge in [0.15, 0.2) is 0 Å². The maximum atomic E-state index is 9.20. The maximum Gasteiger partial charge on any atom is 0.225 e. The first-order valence-corrected chi connectivity index (χ1v) is 6.60. The van der Waals surface area contributed by atoms with Crippen molar-refractivity contribution in [3.05, 3.63) is 48.2 Å². The van der Waals surface area contributed by atoms with Gasteiger partial charge in [-0.05, 0) is 12.0 Å². The van der Waals surface area contributed by atoms with Crippen molar-refractivity contribution in [2.24, 2.45) is 0 Å². The van der Waals surface area contributed by atoms with E-state index < -0.39 is 0 Å². The van der Waals surface area contributed by atoms with Gasteiger partial charge < -0.3 is 15.2 Å². The van der Waals surface area contributed by atoms with Gasteiger partial charge in [-0.15, -0.1) is 0 Å². The van der Waals surface area contributed by atoms with Crippen LogP contribution in [0.25, 0.3) is 0 Å².